The van der Waals surface area contributed by atoms with Gasteiger partial charge in [-0.05, 0) is 29.3 Å². The molecule has 0 saturated carbocycles. The summed E-state index contributed by atoms with van der Waals surface area (Å²) in [5.41, 5.74) is 0. The van der Waals surface area contributed by atoms with Gasteiger partial charge >= 0.3 is 0 Å². The maximum atomic E-state index is 11.6. The number of nitrogens with zero attached hydrogens (tertiary/aromatic N) is 3. The van der Waals surface area contributed by atoms with Gasteiger partial charge < -0.3 is 10.2 Å². The van der Waals surface area contributed by atoms with E-state index in [4.69, 9.17) is 0 Å². The number of sulfone groups is 1. The molecule has 0 spiro atoms. The fraction of sp³-hybridized carbons (Fsp3) is 0.667. The molecule has 1 saturated heterocycles. The number of hydrogen-bond acceptors (Lipinski definition) is 6. The molecule has 6 nitrogen and oxygen atoms in total. The van der Waals surface area contributed by atoms with Gasteiger partial charge in [0.25, 0.3) is 0 Å². The predicted octanol–water partition coefficient (Wildman–Crippen LogP) is 1.68. The molecule has 1 atom stereocenters. The molecule has 2 heterocycles. The van der Waals surface area contributed by atoms with Crippen molar-refractivity contribution in [2.24, 2.45) is 0 Å². The van der Waals surface area contributed by atoms with E-state index in [0.29, 0.717) is 6.54 Å². The van der Waals surface area contributed by atoms with Crippen LogP contribution >= 0.6 is 15.9 Å². The Kier molecular flexibility index (Phi) is 4.85. The first-order chi connectivity index (χ1) is 9.44. The highest BCUT2D eigenvalue weighted by Crippen LogP contribution is 2.31. The van der Waals surface area contributed by atoms with Crippen molar-refractivity contribution in [3.63, 3.8) is 0 Å². The van der Waals surface area contributed by atoms with Crippen molar-refractivity contribution in [1.82, 2.24) is 9.97 Å². The summed E-state index contributed by atoms with van der Waals surface area (Å²) < 4.78 is 24.1. The van der Waals surface area contributed by atoms with Crippen LogP contribution in [-0.4, -0.2) is 49.0 Å². The largest absolute Gasteiger partial charge is 0.369 e. The second-order valence-corrected chi connectivity index (χ2v) is 7.97. The van der Waals surface area contributed by atoms with Gasteiger partial charge in [-0.1, -0.05) is 6.92 Å². The lowest BCUT2D eigenvalue weighted by Gasteiger charge is -2.34. The van der Waals surface area contributed by atoms with E-state index in [1.165, 1.54) is 6.33 Å². The Morgan fingerprint density at radius 2 is 2.25 bits per heavy atom. The van der Waals surface area contributed by atoms with Gasteiger partial charge in [-0.25, -0.2) is 18.4 Å². The Morgan fingerprint density at radius 1 is 1.50 bits per heavy atom. The normalized spacial score (nSPS) is 21.8. The Labute approximate surface area is 128 Å². The molecule has 112 valence electrons. The second-order valence-electron chi connectivity index (χ2n) is 4.94. The summed E-state index contributed by atoms with van der Waals surface area (Å²) >= 11 is 3.52. The van der Waals surface area contributed by atoms with Crippen molar-refractivity contribution in [3.8, 4) is 0 Å². The van der Waals surface area contributed by atoms with Crippen LogP contribution in [0.4, 0.5) is 11.6 Å². The molecule has 1 aliphatic rings. The van der Waals surface area contributed by atoms with Crippen LogP contribution in [0.2, 0.25) is 0 Å². The first-order valence-corrected chi connectivity index (χ1v) is 9.27. The van der Waals surface area contributed by atoms with Crippen LogP contribution in [0.1, 0.15) is 20.3 Å². The van der Waals surface area contributed by atoms with Crippen LogP contribution in [0.3, 0.4) is 0 Å². The molecule has 0 bridgehead atoms. The monoisotopic (exact) mass is 362 g/mol. The molecule has 0 amide bonds. The quantitative estimate of drug-likeness (QED) is 0.878. The lowest BCUT2D eigenvalue weighted by Crippen LogP contribution is -2.47. The first kappa shape index (κ1) is 15.5. The molecule has 1 N–H and O–H groups in total. The lowest BCUT2D eigenvalue weighted by atomic mass is 10.3. The van der Waals surface area contributed by atoms with E-state index < -0.39 is 9.84 Å². The summed E-state index contributed by atoms with van der Waals surface area (Å²) in [5, 5.41) is 3.23. The van der Waals surface area contributed by atoms with Crippen molar-refractivity contribution in [1.29, 1.82) is 0 Å². The third-order valence-electron chi connectivity index (χ3n) is 3.26. The molecule has 0 aromatic carbocycles. The second kappa shape index (κ2) is 6.26. The van der Waals surface area contributed by atoms with Crippen LogP contribution in [0.5, 0.6) is 0 Å². The molecular weight excluding hydrogens is 344 g/mol. The Hall–Kier alpha value is -0.890. The van der Waals surface area contributed by atoms with Crippen LogP contribution in [-0.2, 0) is 9.84 Å². The summed E-state index contributed by atoms with van der Waals surface area (Å²) in [7, 11) is -2.93. The van der Waals surface area contributed by atoms with E-state index in [1.807, 2.05) is 11.8 Å². The summed E-state index contributed by atoms with van der Waals surface area (Å²) in [5.74, 6) is 1.84. The highest BCUT2D eigenvalue weighted by Gasteiger charge is 2.30. The number of nitrogens with one attached hydrogen (secondary N) is 1. The van der Waals surface area contributed by atoms with Crippen LogP contribution < -0.4 is 10.2 Å². The van der Waals surface area contributed by atoms with Crippen molar-refractivity contribution in [2.45, 2.75) is 26.3 Å². The Balaban J connectivity index is 2.25. The SMILES string of the molecule is CCCNc1ncnc(N2CCS(=O)(=O)CC2C)c1Br. The maximum absolute atomic E-state index is 11.6. The Morgan fingerprint density at radius 3 is 2.90 bits per heavy atom. The number of hydrogen-bond donors (Lipinski definition) is 1. The number of aromatic nitrogens is 2. The summed E-state index contributed by atoms with van der Waals surface area (Å²) in [6, 6.07) is -0.0843. The minimum absolute atomic E-state index is 0.0843. The highest BCUT2D eigenvalue weighted by atomic mass is 79.9. The third kappa shape index (κ3) is 3.41. The molecular formula is C12H19BrN4O2S. The molecule has 1 aromatic heterocycles. The van der Waals surface area contributed by atoms with Gasteiger partial charge in [0.2, 0.25) is 0 Å². The van der Waals surface area contributed by atoms with E-state index in [0.717, 1.165) is 29.1 Å². The van der Waals surface area contributed by atoms with Crippen molar-refractivity contribution in [3.05, 3.63) is 10.8 Å². The standard InChI is InChI=1S/C12H19BrN4O2S/c1-3-4-14-11-10(13)12(16-8-15-11)17-5-6-20(18,19)7-9(17)2/h8-9H,3-7H2,1-2H3,(H,14,15,16). The number of rotatable bonds is 4. The molecule has 20 heavy (non-hydrogen) atoms. The molecule has 8 heteroatoms. The molecule has 1 aromatic rings. The number of halogens is 1. The lowest BCUT2D eigenvalue weighted by molar-refractivity contribution is 0.566. The third-order valence-corrected chi connectivity index (χ3v) is 5.78. The maximum Gasteiger partial charge on any atom is 0.154 e. The van der Waals surface area contributed by atoms with E-state index in [9.17, 15) is 8.42 Å². The average Bonchev–Trinajstić information content (AvgIpc) is 2.37. The molecule has 0 radical (unpaired) electrons. The topological polar surface area (TPSA) is 75.2 Å². The minimum atomic E-state index is -2.93. The van der Waals surface area contributed by atoms with Gasteiger partial charge in [-0.3, -0.25) is 0 Å². The molecule has 2 rings (SSSR count). The minimum Gasteiger partial charge on any atom is -0.369 e. The van der Waals surface area contributed by atoms with Crippen molar-refractivity contribution in [2.75, 3.05) is 34.8 Å². The van der Waals surface area contributed by atoms with Gasteiger partial charge in [0.15, 0.2) is 9.84 Å². The summed E-state index contributed by atoms with van der Waals surface area (Å²) in [4.78, 5) is 10.5. The fourth-order valence-corrected chi connectivity index (χ4v) is 4.37. The van der Waals surface area contributed by atoms with E-state index in [2.05, 4.69) is 38.1 Å². The van der Waals surface area contributed by atoms with Gasteiger partial charge in [0.1, 0.15) is 22.4 Å². The zero-order chi connectivity index (χ0) is 14.8. The summed E-state index contributed by atoms with van der Waals surface area (Å²) in [6.07, 6.45) is 2.51. The Bertz CT molecular complexity index is 579. The van der Waals surface area contributed by atoms with Crippen LogP contribution in [0.25, 0.3) is 0 Å². The van der Waals surface area contributed by atoms with Crippen LogP contribution in [0.15, 0.2) is 10.8 Å². The van der Waals surface area contributed by atoms with Crippen molar-refractivity contribution < 1.29 is 8.42 Å². The van der Waals surface area contributed by atoms with Crippen LogP contribution in [0, 0.1) is 0 Å². The smallest absolute Gasteiger partial charge is 0.154 e. The van der Waals surface area contributed by atoms with Gasteiger partial charge in [-0.2, -0.15) is 0 Å². The van der Waals surface area contributed by atoms with Gasteiger partial charge in [0.05, 0.1) is 11.5 Å². The molecule has 0 aliphatic carbocycles. The summed E-state index contributed by atoms with van der Waals surface area (Å²) in [6.45, 7) is 5.29. The zero-order valence-electron chi connectivity index (χ0n) is 11.6. The van der Waals surface area contributed by atoms with Gasteiger partial charge in [-0.15, -0.1) is 0 Å². The van der Waals surface area contributed by atoms with E-state index in [1.54, 1.807) is 0 Å². The average molecular weight is 363 g/mol. The van der Waals surface area contributed by atoms with Crippen molar-refractivity contribution >= 4 is 37.4 Å². The van der Waals surface area contributed by atoms with E-state index >= 15 is 0 Å². The number of anilines is 2. The highest BCUT2D eigenvalue weighted by molar-refractivity contribution is 9.10. The zero-order valence-corrected chi connectivity index (χ0v) is 14.0. The predicted molar refractivity (Wildman–Crippen MR) is 84.0 cm³/mol. The molecule has 1 aliphatic heterocycles. The molecule has 1 fully saturated rings. The van der Waals surface area contributed by atoms with E-state index in [-0.39, 0.29) is 17.5 Å². The van der Waals surface area contributed by atoms with Gasteiger partial charge in [0, 0.05) is 19.1 Å². The first-order valence-electron chi connectivity index (χ1n) is 6.66. The molecule has 1 unspecified atom stereocenters. The fourth-order valence-electron chi connectivity index (χ4n) is 2.24.